The summed E-state index contributed by atoms with van der Waals surface area (Å²) in [6, 6.07) is 0. The van der Waals surface area contributed by atoms with Crippen molar-refractivity contribution in [2.24, 2.45) is 0 Å². The Kier molecular flexibility index (Phi) is 81.7. The molecule has 0 bridgehead atoms. The van der Waals surface area contributed by atoms with Crippen molar-refractivity contribution in [1.29, 1.82) is 0 Å². The van der Waals surface area contributed by atoms with Gasteiger partial charge in [-0.1, -0.05) is 0 Å². The van der Waals surface area contributed by atoms with E-state index < -0.39 is 0 Å². The van der Waals surface area contributed by atoms with Gasteiger partial charge in [-0.3, -0.25) is 0 Å². The third kappa shape index (κ3) is 35.7. The van der Waals surface area contributed by atoms with Gasteiger partial charge in [0.05, 0.1) is 0 Å². The molecule has 0 unspecified atom stereocenters. The van der Waals surface area contributed by atoms with Crippen molar-refractivity contribution in [3.05, 3.63) is 7.43 Å². The number of ketones is 2. The minimum atomic E-state index is -0.200. The zero-order chi connectivity index (χ0) is 14.9. The molecule has 0 saturated heterocycles. The molecule has 0 aliphatic heterocycles. The Morgan fingerprint density at radius 1 is 0.842 bits per heavy atom. The first-order valence-corrected chi connectivity index (χ1v) is 40.4. The van der Waals surface area contributed by atoms with Gasteiger partial charge in [-0.05, 0) is 0 Å². The molecule has 0 amide bonds. The van der Waals surface area contributed by atoms with E-state index in [0.717, 1.165) is 58.1 Å². The molecule has 109 valence electrons. The number of hydrogen-bond acceptors (Lipinski definition) is 2. The van der Waals surface area contributed by atoms with Gasteiger partial charge in [-0.2, -0.15) is 0 Å². The Bertz CT molecular complexity index is 279. The molecular weight excluding hydrogens is 1960 g/mol. The second-order valence-corrected chi connectivity index (χ2v) is 4.49. The van der Waals surface area contributed by atoms with Crippen LogP contribution in [-0.2, 0) is 185 Å². The van der Waals surface area contributed by atoms with Crippen LogP contribution in [0.4, 0.5) is 0 Å². The number of carbonyl (C=O) groups is 2. The summed E-state index contributed by atoms with van der Waals surface area (Å²) in [6.45, 7) is 0. The SMILES string of the molecule is O=C([C-]=[W])CC(=O)[C](=[W])[C-]=[W].[CH3-].[Re].[W]=[W].[W]=[W].[W]=[W]. The summed E-state index contributed by atoms with van der Waals surface area (Å²) in [7, 11) is 0. The van der Waals surface area contributed by atoms with E-state index in [1.807, 2.05) is 0 Å². The molecule has 0 aliphatic carbocycles. The van der Waals surface area contributed by atoms with E-state index in [1.54, 1.807) is 97.3 Å². The topological polar surface area (TPSA) is 34.1 Å². The Balaban J connectivity index is -0.0000000464. The second-order valence-electron chi connectivity index (χ2n) is 1.56. The van der Waals surface area contributed by atoms with Gasteiger partial charge in [-0.15, -0.1) is 0 Å². The van der Waals surface area contributed by atoms with E-state index in [4.69, 9.17) is 0 Å². The summed E-state index contributed by atoms with van der Waals surface area (Å²) >= 11 is 13.2. The first-order chi connectivity index (χ1) is 8.11. The van der Waals surface area contributed by atoms with E-state index in [-0.39, 0.29) is 45.8 Å². The number of hydrogen-bond donors (Lipinski definition) is 0. The van der Waals surface area contributed by atoms with Crippen LogP contribution >= 0.6 is 0 Å². The third-order valence-corrected chi connectivity index (χ3v) is 5.53. The van der Waals surface area contributed by atoms with Crippen molar-refractivity contribution < 1.29 is 185 Å². The average molecular weight is 1960 g/mol. The van der Waals surface area contributed by atoms with Crippen LogP contribution in [0.2, 0.25) is 0 Å². The van der Waals surface area contributed by atoms with Crippen LogP contribution in [0.3, 0.4) is 0 Å². The predicted molar refractivity (Wildman–Crippen MR) is 36.1 cm³/mol. The monoisotopic (exact) mass is 1960 g/mol. The first kappa shape index (κ1) is 39.8. The summed E-state index contributed by atoms with van der Waals surface area (Å²) in [5, 5.41) is 0. The van der Waals surface area contributed by atoms with Crippen molar-refractivity contribution in [3.63, 3.8) is 0 Å². The molecule has 19 heavy (non-hydrogen) atoms. The van der Waals surface area contributed by atoms with Crippen molar-refractivity contribution in [1.82, 2.24) is 0 Å². The van der Waals surface area contributed by atoms with E-state index in [2.05, 4.69) is 8.80 Å². The zero-order valence-corrected chi connectivity index (χ0v) is 38.2. The van der Waals surface area contributed by atoms with Gasteiger partial charge in [-0.25, -0.2) is 0 Å². The van der Waals surface area contributed by atoms with Crippen LogP contribution in [0.5, 0.6) is 0 Å². The van der Waals surface area contributed by atoms with E-state index in [1.165, 1.54) is 0 Å². The Labute approximate surface area is 218 Å². The van der Waals surface area contributed by atoms with Gasteiger partial charge in [0, 0.05) is 20.4 Å². The van der Waals surface area contributed by atoms with Gasteiger partial charge in [0.15, 0.2) is 0 Å². The maximum absolute atomic E-state index is 11.0. The molecule has 0 atom stereocenters. The molecule has 1 radical (unpaired) electrons. The van der Waals surface area contributed by atoms with Crippen LogP contribution in [0.15, 0.2) is 0 Å². The number of carbonyl (C=O) groups excluding carboxylic acids is 2. The molecule has 0 heterocycles. The summed E-state index contributed by atoms with van der Waals surface area (Å²) in [5.74, 6) is -0.303. The van der Waals surface area contributed by atoms with Gasteiger partial charge < -0.3 is 7.43 Å². The molecule has 0 aromatic rings. The summed E-state index contributed by atoms with van der Waals surface area (Å²) in [6.07, 6.45) is -0.0252. The second kappa shape index (κ2) is 39.1. The molecule has 2 nitrogen and oxygen atoms in total. The van der Waals surface area contributed by atoms with Crippen LogP contribution in [0.1, 0.15) is 6.42 Å². The average Bonchev–Trinajstić information content (AvgIpc) is 2.44. The summed E-state index contributed by atoms with van der Waals surface area (Å²) in [4.78, 5) is 21.7. The Morgan fingerprint density at radius 3 is 1.37 bits per heavy atom. The molecule has 0 saturated carbocycles. The van der Waals surface area contributed by atoms with Crippen molar-refractivity contribution >= 4 is 24.3 Å². The number of Topliss-reactive ketones (excluding diaryl/α,β-unsaturated/α-hetero) is 2. The molecule has 0 N–H and O–H groups in total. The Morgan fingerprint density at radius 2 is 1.16 bits per heavy atom. The van der Waals surface area contributed by atoms with Crippen LogP contribution in [0.25, 0.3) is 0 Å². The zero-order valence-electron chi connectivity index (χ0n) is 9.08. The first-order valence-electron chi connectivity index (χ1n) is 2.98. The van der Waals surface area contributed by atoms with Gasteiger partial charge in [0.1, 0.15) is 0 Å². The molecule has 0 fully saturated rings. The number of rotatable bonds is 5. The van der Waals surface area contributed by atoms with Crippen LogP contribution < -0.4 is 0 Å². The van der Waals surface area contributed by atoms with E-state index in [9.17, 15) is 9.59 Å². The standard InChI is InChI=1S/C6H2O2.CH3.Re.9W/c1-3-6(8)4-5(2)7;;;;;;;;;;;/h4H2;1H3;;;;;;;;;;/q-2;-1;;;;;;;;;;. The third-order valence-electron chi connectivity index (χ3n) is 0.781. The fraction of sp³-hybridized carbons (Fsp3) is 0.143. The van der Waals surface area contributed by atoms with E-state index in [0.29, 0.717) is 3.90 Å². The summed E-state index contributed by atoms with van der Waals surface area (Å²) < 4.78 is 5.92. The molecule has 0 spiro atoms. The van der Waals surface area contributed by atoms with E-state index >= 15 is 0 Å². The van der Waals surface area contributed by atoms with Crippen molar-refractivity contribution in [3.8, 4) is 0 Å². The van der Waals surface area contributed by atoms with Crippen molar-refractivity contribution in [2.75, 3.05) is 0 Å². The van der Waals surface area contributed by atoms with Gasteiger partial charge in [0.25, 0.3) is 0 Å². The van der Waals surface area contributed by atoms with Gasteiger partial charge >= 0.3 is 196 Å². The molecule has 12 heteroatoms. The maximum atomic E-state index is 11.0. The molecule has 0 aliphatic rings. The summed E-state index contributed by atoms with van der Waals surface area (Å²) in [5.41, 5.74) is 0. The van der Waals surface area contributed by atoms with Crippen LogP contribution in [0, 0.1) is 7.43 Å². The quantitative estimate of drug-likeness (QED) is 0.265. The normalized spacial score (nSPS) is 5.47. The fourth-order valence-electron chi connectivity index (χ4n) is 0.319. The van der Waals surface area contributed by atoms with Crippen LogP contribution in [-0.4, -0.2) is 24.3 Å². The Hall–Kier alpha value is 5.81. The molecule has 0 aromatic carbocycles. The molecule has 0 aromatic heterocycles. The molecule has 0 rings (SSSR count). The van der Waals surface area contributed by atoms with Crippen molar-refractivity contribution in [2.45, 2.75) is 6.42 Å². The fourth-order valence-corrected chi connectivity index (χ4v) is 1.25. The van der Waals surface area contributed by atoms with Gasteiger partial charge in [0.2, 0.25) is 0 Å². The predicted octanol–water partition coefficient (Wildman–Crippen LogP) is -0.881. The molecular formula is C7H5O2ReW9-3. The minimum absolute atomic E-state index is 0.